The lowest BCUT2D eigenvalue weighted by Gasteiger charge is -2.06. The van der Waals surface area contributed by atoms with Crippen LogP contribution >= 0.6 is 11.6 Å². The van der Waals surface area contributed by atoms with Gasteiger partial charge in [-0.2, -0.15) is 0 Å². The van der Waals surface area contributed by atoms with Gasteiger partial charge in [0, 0.05) is 0 Å². The third-order valence-electron chi connectivity index (χ3n) is 0.659. The van der Waals surface area contributed by atoms with E-state index < -0.39 is 18.7 Å². The average Bonchev–Trinajstić information content (AvgIpc) is 1.87. The third kappa shape index (κ3) is 4.21. The number of rotatable bonds is 3. The zero-order chi connectivity index (χ0) is 7.28. The second-order valence-corrected chi connectivity index (χ2v) is 1.90. The maximum atomic E-state index is 11.4. The van der Waals surface area contributed by atoms with Gasteiger partial charge in [-0.1, -0.05) is 0 Å². The third-order valence-corrected chi connectivity index (χ3v) is 1.09. The molecule has 0 fully saturated rings. The number of hydrogen-bond acceptors (Lipinski definition) is 2. The summed E-state index contributed by atoms with van der Waals surface area (Å²) in [7, 11) is 0. The van der Waals surface area contributed by atoms with Crippen molar-refractivity contribution in [3.8, 4) is 0 Å². The molecule has 2 nitrogen and oxygen atoms in total. The van der Waals surface area contributed by atoms with E-state index in [-0.39, 0.29) is 5.88 Å². The van der Waals surface area contributed by atoms with Crippen molar-refractivity contribution in [2.45, 2.75) is 13.0 Å². The largest absolute Gasteiger partial charge is 0.459 e. The standard InChI is InChI=1S/C5H8ClFO2/c1-4(2-6)9-5(8)3-7/h4H,2-3H2,1H3. The Balaban J connectivity index is 3.34. The summed E-state index contributed by atoms with van der Waals surface area (Å²) in [4.78, 5) is 10.1. The van der Waals surface area contributed by atoms with Crippen molar-refractivity contribution in [3.63, 3.8) is 0 Å². The van der Waals surface area contributed by atoms with Crippen molar-refractivity contribution in [1.82, 2.24) is 0 Å². The fourth-order valence-corrected chi connectivity index (χ4v) is 0.350. The fraction of sp³-hybridized carbons (Fsp3) is 0.800. The monoisotopic (exact) mass is 154 g/mol. The Morgan fingerprint density at radius 2 is 2.44 bits per heavy atom. The molecule has 54 valence electrons. The maximum absolute atomic E-state index is 11.4. The molecule has 1 atom stereocenters. The Hall–Kier alpha value is -0.310. The van der Waals surface area contributed by atoms with Crippen LogP contribution in [-0.2, 0) is 9.53 Å². The van der Waals surface area contributed by atoms with Gasteiger partial charge in [-0.15, -0.1) is 11.6 Å². The molecule has 0 saturated carbocycles. The minimum Gasteiger partial charge on any atom is -0.459 e. The number of halogens is 2. The van der Waals surface area contributed by atoms with E-state index in [0.717, 1.165) is 0 Å². The molecule has 1 unspecified atom stereocenters. The zero-order valence-corrected chi connectivity index (χ0v) is 5.82. The minimum absolute atomic E-state index is 0.200. The van der Waals surface area contributed by atoms with Crippen molar-refractivity contribution in [2.24, 2.45) is 0 Å². The summed E-state index contributed by atoms with van der Waals surface area (Å²) in [5.74, 6) is -0.658. The molecule has 0 aromatic carbocycles. The van der Waals surface area contributed by atoms with Gasteiger partial charge in [-0.05, 0) is 6.92 Å². The van der Waals surface area contributed by atoms with E-state index in [2.05, 4.69) is 4.74 Å². The van der Waals surface area contributed by atoms with Gasteiger partial charge >= 0.3 is 5.97 Å². The summed E-state index contributed by atoms with van der Waals surface area (Å²) in [6, 6.07) is 0. The first-order chi connectivity index (χ1) is 4.20. The van der Waals surface area contributed by atoms with Crippen LogP contribution in [0.3, 0.4) is 0 Å². The molecule has 0 aromatic heterocycles. The molecule has 0 saturated heterocycles. The molecular weight excluding hydrogens is 147 g/mol. The summed E-state index contributed by atoms with van der Waals surface area (Å²) in [6.45, 7) is 0.516. The molecule has 4 heteroatoms. The number of carbonyl (C=O) groups is 1. The lowest BCUT2D eigenvalue weighted by Crippen LogP contribution is -2.16. The minimum atomic E-state index is -1.08. The highest BCUT2D eigenvalue weighted by Gasteiger charge is 2.05. The maximum Gasteiger partial charge on any atom is 0.337 e. The van der Waals surface area contributed by atoms with Crippen molar-refractivity contribution >= 4 is 17.6 Å². The van der Waals surface area contributed by atoms with Gasteiger partial charge in [0.2, 0.25) is 0 Å². The second kappa shape index (κ2) is 4.56. The number of alkyl halides is 2. The van der Waals surface area contributed by atoms with Crippen LogP contribution in [0.2, 0.25) is 0 Å². The highest BCUT2D eigenvalue weighted by Crippen LogP contribution is 1.93. The molecule has 0 amide bonds. The van der Waals surface area contributed by atoms with E-state index >= 15 is 0 Å². The molecule has 0 spiro atoms. The molecule has 0 heterocycles. The van der Waals surface area contributed by atoms with Gasteiger partial charge in [0.15, 0.2) is 6.67 Å². The van der Waals surface area contributed by atoms with Crippen LogP contribution in [0.1, 0.15) is 6.92 Å². The second-order valence-electron chi connectivity index (χ2n) is 1.59. The molecule has 0 aliphatic heterocycles. The molecule has 0 N–H and O–H groups in total. The van der Waals surface area contributed by atoms with Gasteiger partial charge in [-0.3, -0.25) is 0 Å². The molecule has 9 heavy (non-hydrogen) atoms. The quantitative estimate of drug-likeness (QED) is 0.450. The van der Waals surface area contributed by atoms with Crippen LogP contribution in [0.25, 0.3) is 0 Å². The summed E-state index contributed by atoms with van der Waals surface area (Å²) in [6.07, 6.45) is -0.394. The summed E-state index contributed by atoms with van der Waals surface area (Å²) in [5, 5.41) is 0. The Morgan fingerprint density at radius 3 is 2.78 bits per heavy atom. The molecule has 0 radical (unpaired) electrons. The van der Waals surface area contributed by atoms with Gasteiger partial charge in [0.05, 0.1) is 5.88 Å². The number of ether oxygens (including phenoxy) is 1. The first kappa shape index (κ1) is 8.69. The SMILES string of the molecule is CC(CCl)OC(=O)CF. The lowest BCUT2D eigenvalue weighted by molar-refractivity contribution is -0.148. The topological polar surface area (TPSA) is 26.3 Å². The molecule has 0 aromatic rings. The van der Waals surface area contributed by atoms with E-state index in [0.29, 0.717) is 0 Å². The van der Waals surface area contributed by atoms with Gasteiger partial charge in [0.25, 0.3) is 0 Å². The molecule has 0 bridgehead atoms. The highest BCUT2D eigenvalue weighted by atomic mass is 35.5. The fourth-order valence-electron chi connectivity index (χ4n) is 0.287. The van der Waals surface area contributed by atoms with E-state index in [9.17, 15) is 9.18 Å². The van der Waals surface area contributed by atoms with E-state index in [1.54, 1.807) is 6.92 Å². The van der Waals surface area contributed by atoms with Crippen molar-refractivity contribution < 1.29 is 13.9 Å². The highest BCUT2D eigenvalue weighted by molar-refractivity contribution is 6.18. The molecule has 0 aliphatic carbocycles. The Kier molecular flexibility index (Phi) is 4.40. The van der Waals surface area contributed by atoms with Crippen LogP contribution in [0, 0.1) is 0 Å². The Bertz CT molecular complexity index is 97.0. The van der Waals surface area contributed by atoms with E-state index in [1.807, 2.05) is 0 Å². The number of carbonyl (C=O) groups excluding carboxylic acids is 1. The van der Waals surface area contributed by atoms with Crippen LogP contribution in [-0.4, -0.2) is 24.6 Å². The van der Waals surface area contributed by atoms with Crippen LogP contribution < -0.4 is 0 Å². The zero-order valence-electron chi connectivity index (χ0n) is 5.06. The Morgan fingerprint density at radius 1 is 1.89 bits per heavy atom. The normalized spacial score (nSPS) is 12.8. The lowest BCUT2D eigenvalue weighted by atomic mass is 10.5. The predicted molar refractivity (Wildman–Crippen MR) is 32.2 cm³/mol. The van der Waals surface area contributed by atoms with Crippen molar-refractivity contribution in [3.05, 3.63) is 0 Å². The molecule has 0 rings (SSSR count). The van der Waals surface area contributed by atoms with Crippen LogP contribution in [0.5, 0.6) is 0 Å². The average molecular weight is 155 g/mol. The van der Waals surface area contributed by atoms with Crippen molar-refractivity contribution in [2.75, 3.05) is 12.6 Å². The number of hydrogen-bond donors (Lipinski definition) is 0. The molecular formula is C5H8ClFO2. The Labute approximate surface area is 57.9 Å². The van der Waals surface area contributed by atoms with Crippen molar-refractivity contribution in [1.29, 1.82) is 0 Å². The summed E-state index contributed by atoms with van der Waals surface area (Å²) >= 11 is 5.25. The smallest absolute Gasteiger partial charge is 0.337 e. The first-order valence-electron chi connectivity index (χ1n) is 2.52. The predicted octanol–water partition coefficient (Wildman–Crippen LogP) is 1.13. The molecule has 0 aliphatic rings. The van der Waals surface area contributed by atoms with Gasteiger partial charge in [-0.25, -0.2) is 9.18 Å². The van der Waals surface area contributed by atoms with E-state index in [4.69, 9.17) is 11.6 Å². The summed E-state index contributed by atoms with van der Waals surface area (Å²) < 4.78 is 15.8. The van der Waals surface area contributed by atoms with E-state index in [1.165, 1.54) is 0 Å². The van der Waals surface area contributed by atoms with Crippen LogP contribution in [0.15, 0.2) is 0 Å². The van der Waals surface area contributed by atoms with Gasteiger partial charge in [0.1, 0.15) is 6.10 Å². The van der Waals surface area contributed by atoms with Crippen LogP contribution in [0.4, 0.5) is 4.39 Å². The first-order valence-corrected chi connectivity index (χ1v) is 3.05. The van der Waals surface area contributed by atoms with Gasteiger partial charge < -0.3 is 4.74 Å². The number of esters is 1. The summed E-state index contributed by atoms with van der Waals surface area (Å²) in [5.41, 5.74) is 0.